The maximum absolute atomic E-state index is 12.5. The molecule has 1 saturated heterocycles. The second-order valence-electron chi connectivity index (χ2n) is 6.59. The van der Waals surface area contributed by atoms with Crippen molar-refractivity contribution < 1.29 is 9.53 Å². The second kappa shape index (κ2) is 8.37. The Morgan fingerprint density at radius 3 is 2.84 bits per heavy atom. The molecule has 1 N–H and O–H groups in total. The molecule has 1 atom stereocenters. The van der Waals surface area contributed by atoms with Crippen LogP contribution >= 0.6 is 11.6 Å². The van der Waals surface area contributed by atoms with E-state index in [9.17, 15) is 4.79 Å². The van der Waals surface area contributed by atoms with E-state index < -0.39 is 0 Å². The molecule has 0 unspecified atom stereocenters. The lowest BCUT2D eigenvalue weighted by Crippen LogP contribution is -2.39. The molecule has 0 saturated carbocycles. The van der Waals surface area contributed by atoms with E-state index in [0.29, 0.717) is 34.7 Å². The van der Waals surface area contributed by atoms with Crippen molar-refractivity contribution in [3.05, 3.63) is 53.6 Å². The van der Waals surface area contributed by atoms with Gasteiger partial charge in [0.05, 0.1) is 12.2 Å². The number of para-hydroxylation sites is 1. The van der Waals surface area contributed by atoms with Gasteiger partial charge in [0, 0.05) is 11.6 Å². The molecular weight excluding hydrogens is 336 g/mol. The van der Waals surface area contributed by atoms with Gasteiger partial charge in [-0.3, -0.25) is 9.69 Å². The minimum Gasteiger partial charge on any atom is -0.455 e. The van der Waals surface area contributed by atoms with Crippen molar-refractivity contribution in [1.82, 2.24) is 4.90 Å². The second-order valence-corrected chi connectivity index (χ2v) is 7.02. The lowest BCUT2D eigenvalue weighted by molar-refractivity contribution is -0.117. The van der Waals surface area contributed by atoms with Gasteiger partial charge < -0.3 is 10.1 Å². The predicted octanol–water partition coefficient (Wildman–Crippen LogP) is 4.80. The van der Waals surface area contributed by atoms with Crippen LogP contribution in [0.4, 0.5) is 5.69 Å². The molecule has 4 nitrogen and oxygen atoms in total. The quantitative estimate of drug-likeness (QED) is 0.834. The van der Waals surface area contributed by atoms with Crippen LogP contribution in [0.2, 0.25) is 5.02 Å². The molecule has 0 spiro atoms. The zero-order valence-electron chi connectivity index (χ0n) is 14.4. The first-order valence-electron chi connectivity index (χ1n) is 8.65. The molecule has 3 rings (SSSR count). The van der Waals surface area contributed by atoms with Crippen LogP contribution in [0.25, 0.3) is 0 Å². The molecule has 132 valence electrons. The van der Waals surface area contributed by atoms with Gasteiger partial charge in [-0.05, 0) is 55.6 Å². The summed E-state index contributed by atoms with van der Waals surface area (Å²) in [6.45, 7) is 4.56. The molecule has 1 fully saturated rings. The van der Waals surface area contributed by atoms with E-state index in [0.717, 1.165) is 19.5 Å². The lowest BCUT2D eigenvalue weighted by Gasteiger charge is -2.30. The Morgan fingerprint density at radius 2 is 2.08 bits per heavy atom. The summed E-state index contributed by atoms with van der Waals surface area (Å²) in [7, 11) is 0. The van der Waals surface area contributed by atoms with Gasteiger partial charge in [-0.1, -0.05) is 36.7 Å². The van der Waals surface area contributed by atoms with Gasteiger partial charge >= 0.3 is 0 Å². The van der Waals surface area contributed by atoms with E-state index in [1.807, 2.05) is 30.3 Å². The van der Waals surface area contributed by atoms with E-state index >= 15 is 0 Å². The monoisotopic (exact) mass is 358 g/mol. The predicted molar refractivity (Wildman–Crippen MR) is 101 cm³/mol. The zero-order valence-corrected chi connectivity index (χ0v) is 15.1. The van der Waals surface area contributed by atoms with Crippen LogP contribution in [-0.2, 0) is 4.79 Å². The van der Waals surface area contributed by atoms with Crippen molar-refractivity contribution in [1.29, 1.82) is 0 Å². The molecule has 1 amide bonds. The van der Waals surface area contributed by atoms with Crippen LogP contribution in [-0.4, -0.2) is 30.4 Å². The van der Waals surface area contributed by atoms with Crippen molar-refractivity contribution >= 4 is 23.2 Å². The third kappa shape index (κ3) is 5.21. The molecule has 0 bridgehead atoms. The molecule has 0 radical (unpaired) electrons. The summed E-state index contributed by atoms with van der Waals surface area (Å²) < 4.78 is 5.89. The Bertz CT molecular complexity index is 721. The van der Waals surface area contributed by atoms with Crippen LogP contribution in [0.3, 0.4) is 0 Å². The number of likely N-dealkylation sites (tertiary alicyclic amines) is 1. The van der Waals surface area contributed by atoms with Crippen molar-refractivity contribution in [3.8, 4) is 11.5 Å². The summed E-state index contributed by atoms with van der Waals surface area (Å²) in [5.74, 6) is 1.89. The van der Waals surface area contributed by atoms with Gasteiger partial charge in [0.15, 0.2) is 5.75 Å². The van der Waals surface area contributed by atoms with E-state index in [1.54, 1.807) is 18.2 Å². The molecular formula is C20H23ClN2O2. The van der Waals surface area contributed by atoms with Gasteiger partial charge in [-0.25, -0.2) is 0 Å². The number of piperidine rings is 1. The third-order valence-electron chi connectivity index (χ3n) is 4.30. The number of hydrogen-bond donors (Lipinski definition) is 1. The number of nitrogens with one attached hydrogen (secondary N) is 1. The normalized spacial score (nSPS) is 17.9. The van der Waals surface area contributed by atoms with E-state index in [1.165, 1.54) is 6.42 Å². The minimum absolute atomic E-state index is 0.0470. The number of benzene rings is 2. The van der Waals surface area contributed by atoms with Crippen molar-refractivity contribution in [2.75, 3.05) is 25.0 Å². The molecule has 5 heteroatoms. The molecule has 25 heavy (non-hydrogen) atoms. The highest BCUT2D eigenvalue weighted by Crippen LogP contribution is 2.32. The van der Waals surface area contributed by atoms with Crippen LogP contribution in [0.1, 0.15) is 19.8 Å². The van der Waals surface area contributed by atoms with Gasteiger partial charge in [-0.15, -0.1) is 0 Å². The van der Waals surface area contributed by atoms with Gasteiger partial charge in [0.25, 0.3) is 0 Å². The fourth-order valence-electron chi connectivity index (χ4n) is 3.13. The Morgan fingerprint density at radius 1 is 1.28 bits per heavy atom. The number of hydrogen-bond acceptors (Lipinski definition) is 3. The maximum Gasteiger partial charge on any atom is 0.238 e. The van der Waals surface area contributed by atoms with Crippen LogP contribution in [0, 0.1) is 5.92 Å². The SMILES string of the molecule is C[C@@H]1CCCN(CC(=O)Nc2cc(Cl)ccc2Oc2ccccc2)C1. The number of amides is 1. The number of anilines is 1. The highest BCUT2D eigenvalue weighted by molar-refractivity contribution is 6.31. The molecule has 1 aliphatic rings. The Hall–Kier alpha value is -2.04. The topological polar surface area (TPSA) is 41.6 Å². The molecule has 1 heterocycles. The van der Waals surface area contributed by atoms with Crippen LogP contribution in [0.5, 0.6) is 11.5 Å². The third-order valence-corrected chi connectivity index (χ3v) is 4.53. The average Bonchev–Trinajstić information content (AvgIpc) is 2.58. The molecule has 2 aromatic carbocycles. The molecule has 1 aliphatic heterocycles. The van der Waals surface area contributed by atoms with Gasteiger partial charge in [-0.2, -0.15) is 0 Å². The van der Waals surface area contributed by atoms with Gasteiger partial charge in [0.2, 0.25) is 5.91 Å². The first-order chi connectivity index (χ1) is 12.1. The summed E-state index contributed by atoms with van der Waals surface area (Å²) >= 11 is 6.10. The van der Waals surface area contributed by atoms with E-state index in [2.05, 4.69) is 17.1 Å². The summed E-state index contributed by atoms with van der Waals surface area (Å²) in [5.41, 5.74) is 0.589. The van der Waals surface area contributed by atoms with E-state index in [4.69, 9.17) is 16.3 Å². The fraction of sp³-hybridized carbons (Fsp3) is 0.350. The molecule has 0 aliphatic carbocycles. The average molecular weight is 359 g/mol. The number of ether oxygens (including phenoxy) is 1. The maximum atomic E-state index is 12.5. The van der Waals surface area contributed by atoms with Crippen molar-refractivity contribution in [2.45, 2.75) is 19.8 Å². The van der Waals surface area contributed by atoms with Crippen LogP contribution < -0.4 is 10.1 Å². The fourth-order valence-corrected chi connectivity index (χ4v) is 3.30. The molecule has 0 aromatic heterocycles. The summed E-state index contributed by atoms with van der Waals surface area (Å²) in [4.78, 5) is 14.7. The zero-order chi connectivity index (χ0) is 17.6. The Balaban J connectivity index is 1.68. The summed E-state index contributed by atoms with van der Waals surface area (Å²) in [6, 6.07) is 14.7. The number of carbonyl (C=O) groups is 1. The first kappa shape index (κ1) is 17.8. The Kier molecular flexibility index (Phi) is 5.95. The Labute approximate surface area is 153 Å². The minimum atomic E-state index is -0.0470. The van der Waals surface area contributed by atoms with Crippen LogP contribution in [0.15, 0.2) is 48.5 Å². The molecule has 2 aromatic rings. The number of rotatable bonds is 5. The highest BCUT2D eigenvalue weighted by atomic mass is 35.5. The summed E-state index contributed by atoms with van der Waals surface area (Å²) in [5, 5.41) is 3.50. The van der Waals surface area contributed by atoms with Crippen molar-refractivity contribution in [2.24, 2.45) is 5.92 Å². The lowest BCUT2D eigenvalue weighted by atomic mass is 10.0. The number of halogens is 1. The number of carbonyl (C=O) groups excluding carboxylic acids is 1. The largest absolute Gasteiger partial charge is 0.455 e. The standard InChI is InChI=1S/C20H23ClN2O2/c1-15-6-5-11-23(13-15)14-20(24)22-18-12-16(21)9-10-19(18)25-17-7-3-2-4-8-17/h2-4,7-10,12,15H,5-6,11,13-14H2,1H3,(H,22,24)/t15-/m1/s1. The summed E-state index contributed by atoms with van der Waals surface area (Å²) in [6.07, 6.45) is 2.38. The number of nitrogens with zero attached hydrogens (tertiary/aromatic N) is 1. The smallest absolute Gasteiger partial charge is 0.238 e. The first-order valence-corrected chi connectivity index (χ1v) is 9.02. The van der Waals surface area contributed by atoms with Gasteiger partial charge in [0.1, 0.15) is 5.75 Å². The highest BCUT2D eigenvalue weighted by Gasteiger charge is 2.19. The van der Waals surface area contributed by atoms with E-state index in [-0.39, 0.29) is 5.91 Å². The van der Waals surface area contributed by atoms with Crippen molar-refractivity contribution in [3.63, 3.8) is 0 Å².